The van der Waals surface area contributed by atoms with Crippen molar-refractivity contribution in [2.75, 3.05) is 4.72 Å². The summed E-state index contributed by atoms with van der Waals surface area (Å²) in [6, 6.07) is 10.1. The van der Waals surface area contributed by atoms with Crippen LogP contribution < -0.4 is 4.72 Å². The van der Waals surface area contributed by atoms with Gasteiger partial charge in [-0.2, -0.15) is 13.2 Å². The van der Waals surface area contributed by atoms with Crippen molar-refractivity contribution >= 4 is 49.3 Å². The summed E-state index contributed by atoms with van der Waals surface area (Å²) in [6.07, 6.45) is -4.60. The molecule has 0 bridgehead atoms. The maximum absolute atomic E-state index is 12.6. The molecule has 0 amide bonds. The van der Waals surface area contributed by atoms with Gasteiger partial charge < -0.3 is 4.98 Å². The Balaban J connectivity index is 1.93. The molecule has 0 atom stereocenters. The fraction of sp³-hybridized carbons (Fsp3) is 0.0714. The van der Waals surface area contributed by atoms with Crippen LogP contribution in [-0.2, 0) is 16.2 Å². The van der Waals surface area contributed by atoms with Gasteiger partial charge in [0.2, 0.25) is 5.82 Å². The minimum atomic E-state index is -4.60. The molecule has 0 unspecified atom stereocenters. The molecule has 0 aliphatic carbocycles. The minimum Gasteiger partial charge on any atom is -0.334 e. The number of sulfonamides is 1. The number of alkyl halides is 3. The molecule has 2 aromatic carbocycles. The van der Waals surface area contributed by atoms with Crippen molar-refractivity contribution in [3.63, 3.8) is 0 Å². The summed E-state index contributed by atoms with van der Waals surface area (Å²) in [6.45, 7) is 0. The molecule has 10 heteroatoms. The summed E-state index contributed by atoms with van der Waals surface area (Å²) >= 11 is 2.05. The quantitative estimate of drug-likeness (QED) is 0.573. The van der Waals surface area contributed by atoms with Crippen molar-refractivity contribution < 1.29 is 21.6 Å². The highest BCUT2D eigenvalue weighted by atomic mass is 127. The van der Waals surface area contributed by atoms with E-state index in [4.69, 9.17) is 0 Å². The van der Waals surface area contributed by atoms with E-state index >= 15 is 0 Å². The Labute approximate surface area is 148 Å². The van der Waals surface area contributed by atoms with E-state index in [0.717, 1.165) is 3.57 Å². The smallest absolute Gasteiger partial charge is 0.334 e. The minimum absolute atomic E-state index is 0.0589. The lowest BCUT2D eigenvalue weighted by Gasteiger charge is -2.08. The number of anilines is 1. The number of hydrogen-bond donors (Lipinski definition) is 2. The van der Waals surface area contributed by atoms with Crippen molar-refractivity contribution in [1.82, 2.24) is 9.97 Å². The van der Waals surface area contributed by atoms with Gasteiger partial charge in [-0.05, 0) is 65.1 Å². The van der Waals surface area contributed by atoms with Gasteiger partial charge in [0, 0.05) is 3.57 Å². The molecular formula is C14H9F3IN3O2S. The van der Waals surface area contributed by atoms with Crippen LogP contribution in [0.25, 0.3) is 11.0 Å². The lowest BCUT2D eigenvalue weighted by atomic mass is 10.3. The van der Waals surface area contributed by atoms with E-state index in [9.17, 15) is 21.6 Å². The average molecular weight is 467 g/mol. The van der Waals surface area contributed by atoms with Crippen molar-refractivity contribution in [2.24, 2.45) is 0 Å². The number of benzene rings is 2. The molecule has 0 radical (unpaired) electrons. The molecule has 0 fully saturated rings. The third-order valence-corrected chi connectivity index (χ3v) is 5.24. The molecule has 3 rings (SSSR count). The second-order valence-corrected chi connectivity index (χ2v) is 7.80. The van der Waals surface area contributed by atoms with Gasteiger partial charge in [0.15, 0.2) is 0 Å². The number of aromatic amines is 1. The molecule has 24 heavy (non-hydrogen) atoms. The number of hydrogen-bond acceptors (Lipinski definition) is 3. The van der Waals surface area contributed by atoms with Gasteiger partial charge in [-0.25, -0.2) is 13.4 Å². The van der Waals surface area contributed by atoms with Crippen LogP contribution in [0.4, 0.5) is 18.9 Å². The molecule has 5 nitrogen and oxygen atoms in total. The molecular weight excluding hydrogens is 458 g/mol. The van der Waals surface area contributed by atoms with E-state index in [-0.39, 0.29) is 21.6 Å². The highest BCUT2D eigenvalue weighted by Gasteiger charge is 2.34. The van der Waals surface area contributed by atoms with Crippen molar-refractivity contribution in [3.05, 3.63) is 51.9 Å². The molecule has 0 spiro atoms. The molecule has 0 saturated carbocycles. The van der Waals surface area contributed by atoms with E-state index in [0.29, 0.717) is 0 Å². The molecule has 1 aromatic heterocycles. The number of imidazole rings is 1. The van der Waals surface area contributed by atoms with Crippen molar-refractivity contribution in [1.29, 1.82) is 0 Å². The summed E-state index contributed by atoms with van der Waals surface area (Å²) in [5.74, 6) is -1.13. The van der Waals surface area contributed by atoms with Crippen LogP contribution in [-0.4, -0.2) is 18.4 Å². The fourth-order valence-electron chi connectivity index (χ4n) is 2.04. The Hall–Kier alpha value is -1.82. The maximum Gasteiger partial charge on any atom is 0.449 e. The Morgan fingerprint density at radius 1 is 1.08 bits per heavy atom. The molecule has 0 saturated heterocycles. The van der Waals surface area contributed by atoms with Gasteiger partial charge in [-0.1, -0.05) is 0 Å². The van der Waals surface area contributed by atoms with Gasteiger partial charge in [0.1, 0.15) is 0 Å². The highest BCUT2D eigenvalue weighted by Crippen LogP contribution is 2.29. The van der Waals surface area contributed by atoms with Crippen LogP contribution >= 0.6 is 22.6 Å². The van der Waals surface area contributed by atoms with E-state index in [1.54, 1.807) is 12.1 Å². The Morgan fingerprint density at radius 2 is 1.75 bits per heavy atom. The topological polar surface area (TPSA) is 74.8 Å². The van der Waals surface area contributed by atoms with Gasteiger partial charge >= 0.3 is 6.18 Å². The van der Waals surface area contributed by atoms with E-state index < -0.39 is 22.0 Å². The number of halogens is 4. The van der Waals surface area contributed by atoms with Crippen LogP contribution in [0.3, 0.4) is 0 Å². The fourth-order valence-corrected chi connectivity index (χ4v) is 3.44. The first-order chi connectivity index (χ1) is 11.1. The predicted molar refractivity (Wildman–Crippen MR) is 91.1 cm³/mol. The van der Waals surface area contributed by atoms with Crippen LogP contribution in [0.1, 0.15) is 5.82 Å². The zero-order valence-electron chi connectivity index (χ0n) is 11.7. The Kier molecular flexibility index (Phi) is 4.20. The zero-order valence-corrected chi connectivity index (χ0v) is 14.7. The van der Waals surface area contributed by atoms with Crippen molar-refractivity contribution in [2.45, 2.75) is 11.1 Å². The SMILES string of the molecule is O=S(=O)(Nc1ccc2nc(C(F)(F)F)[nH]c2c1)c1ccc(I)cc1. The molecule has 1 heterocycles. The lowest BCUT2D eigenvalue weighted by molar-refractivity contribution is -0.144. The first-order valence-corrected chi connectivity index (χ1v) is 9.07. The largest absolute Gasteiger partial charge is 0.449 e. The van der Waals surface area contributed by atoms with Crippen LogP contribution in [0, 0.1) is 3.57 Å². The second kappa shape index (κ2) is 5.92. The zero-order chi connectivity index (χ0) is 17.5. The number of H-pyrrole nitrogens is 1. The summed E-state index contributed by atoms with van der Waals surface area (Å²) in [5.41, 5.74) is 0.322. The number of nitrogens with zero attached hydrogens (tertiary/aromatic N) is 1. The third kappa shape index (κ3) is 3.48. The number of aromatic nitrogens is 2. The summed E-state index contributed by atoms with van der Waals surface area (Å²) in [5, 5.41) is 0. The molecule has 0 aliphatic heterocycles. The van der Waals surface area contributed by atoms with Crippen molar-refractivity contribution in [3.8, 4) is 0 Å². The summed E-state index contributed by atoms with van der Waals surface area (Å²) in [4.78, 5) is 5.63. The highest BCUT2D eigenvalue weighted by molar-refractivity contribution is 14.1. The van der Waals surface area contributed by atoms with Gasteiger partial charge in [-0.15, -0.1) is 0 Å². The first kappa shape index (κ1) is 17.0. The molecule has 2 N–H and O–H groups in total. The monoisotopic (exact) mass is 467 g/mol. The maximum atomic E-state index is 12.6. The molecule has 3 aromatic rings. The summed E-state index contributed by atoms with van der Waals surface area (Å²) in [7, 11) is -3.83. The average Bonchev–Trinajstić information content (AvgIpc) is 2.90. The first-order valence-electron chi connectivity index (χ1n) is 6.50. The summed E-state index contributed by atoms with van der Waals surface area (Å²) < 4.78 is 65.7. The number of rotatable bonds is 3. The van der Waals surface area contributed by atoms with Gasteiger partial charge in [-0.3, -0.25) is 4.72 Å². The van der Waals surface area contributed by atoms with Gasteiger partial charge in [0.05, 0.1) is 21.6 Å². The van der Waals surface area contributed by atoms with Crippen LogP contribution in [0.15, 0.2) is 47.4 Å². The second-order valence-electron chi connectivity index (χ2n) is 4.87. The Bertz CT molecular complexity index is 998. The lowest BCUT2D eigenvalue weighted by Crippen LogP contribution is -2.12. The van der Waals surface area contributed by atoms with E-state index in [2.05, 4.69) is 14.7 Å². The third-order valence-electron chi connectivity index (χ3n) is 3.13. The standard InChI is InChI=1S/C14H9F3IN3O2S/c15-14(16,17)13-19-11-6-3-9(7-12(11)20-13)21-24(22,23)10-4-1-8(18)2-5-10/h1-7,21H,(H,19,20). The normalized spacial score (nSPS) is 12.5. The number of fused-ring (bicyclic) bond motifs is 1. The van der Waals surface area contributed by atoms with E-state index in [1.807, 2.05) is 22.6 Å². The molecule has 126 valence electrons. The van der Waals surface area contributed by atoms with Gasteiger partial charge in [0.25, 0.3) is 10.0 Å². The Morgan fingerprint density at radius 3 is 2.38 bits per heavy atom. The predicted octanol–water partition coefficient (Wildman–Crippen LogP) is 3.99. The molecule has 0 aliphatic rings. The van der Waals surface area contributed by atoms with E-state index in [1.165, 1.54) is 30.3 Å². The van der Waals surface area contributed by atoms with Crippen LogP contribution in [0.5, 0.6) is 0 Å². The van der Waals surface area contributed by atoms with Crippen LogP contribution in [0.2, 0.25) is 0 Å². The number of nitrogens with one attached hydrogen (secondary N) is 2.